The highest BCUT2D eigenvalue weighted by molar-refractivity contribution is 6.31. The molecule has 11 nitrogen and oxygen atoms in total. The van der Waals surface area contributed by atoms with Gasteiger partial charge >= 0.3 is 5.97 Å². The van der Waals surface area contributed by atoms with E-state index >= 15 is 0 Å². The summed E-state index contributed by atoms with van der Waals surface area (Å²) in [7, 11) is 1.52. The zero-order chi connectivity index (χ0) is 30.8. The summed E-state index contributed by atoms with van der Waals surface area (Å²) in [6.07, 6.45) is 5.35. The number of carboxylic acids is 1. The fraction of sp³-hybridized carbons (Fsp3) is 0.0968. The van der Waals surface area contributed by atoms with Gasteiger partial charge in [0.25, 0.3) is 5.56 Å². The molecular weight excluding hydrogens is 605 g/mol. The lowest BCUT2D eigenvalue weighted by molar-refractivity contribution is 0.0697. The summed E-state index contributed by atoms with van der Waals surface area (Å²) < 4.78 is 10.4. The first kappa shape index (κ1) is 28.8. The zero-order valence-corrected chi connectivity index (χ0v) is 24.6. The highest BCUT2D eigenvalue weighted by Crippen LogP contribution is 2.36. The van der Waals surface area contributed by atoms with E-state index in [1.807, 2.05) is 30.3 Å². The predicted molar refractivity (Wildman–Crippen MR) is 164 cm³/mol. The largest absolute Gasteiger partial charge is 0.495 e. The minimum atomic E-state index is -1.02. The third-order valence-corrected chi connectivity index (χ3v) is 7.47. The Hall–Kier alpha value is -5.26. The van der Waals surface area contributed by atoms with Crippen molar-refractivity contribution in [2.75, 3.05) is 7.11 Å². The van der Waals surface area contributed by atoms with Gasteiger partial charge in [0.15, 0.2) is 5.15 Å². The number of ether oxygens (including phenoxy) is 1. The summed E-state index contributed by atoms with van der Waals surface area (Å²) in [5, 5.41) is 26.5. The van der Waals surface area contributed by atoms with E-state index in [1.165, 1.54) is 34.7 Å². The highest BCUT2D eigenvalue weighted by Gasteiger charge is 2.23. The Bertz CT molecular complexity index is 2020. The number of pyridine rings is 1. The second-order valence-electron chi connectivity index (χ2n) is 9.79. The molecule has 0 spiro atoms. The predicted octanol–water partition coefficient (Wildman–Crippen LogP) is 5.52. The quantitative estimate of drug-likeness (QED) is 0.222. The van der Waals surface area contributed by atoms with Crippen LogP contribution < -0.4 is 10.3 Å². The molecule has 0 bridgehead atoms. The molecule has 0 amide bonds. The Balaban J connectivity index is 1.46. The number of halogens is 2. The van der Waals surface area contributed by atoms with Crippen LogP contribution in [0, 0.1) is 0 Å². The van der Waals surface area contributed by atoms with Crippen molar-refractivity contribution in [2.45, 2.75) is 12.5 Å². The molecule has 3 aromatic carbocycles. The third kappa shape index (κ3) is 5.83. The van der Waals surface area contributed by atoms with E-state index in [0.717, 1.165) is 5.56 Å². The van der Waals surface area contributed by atoms with Gasteiger partial charge in [-0.1, -0.05) is 64.0 Å². The molecule has 220 valence electrons. The summed E-state index contributed by atoms with van der Waals surface area (Å²) >= 11 is 12.4. The molecule has 1 N–H and O–H groups in total. The lowest BCUT2D eigenvalue weighted by atomic mass is 10.0. The van der Waals surface area contributed by atoms with Gasteiger partial charge in [-0.2, -0.15) is 0 Å². The number of aromatic carboxylic acids is 1. The van der Waals surface area contributed by atoms with Crippen LogP contribution in [0.1, 0.15) is 27.7 Å². The van der Waals surface area contributed by atoms with Gasteiger partial charge in [-0.05, 0) is 54.4 Å². The number of nitrogens with zero attached hydrogens (tertiary/aromatic N) is 7. The van der Waals surface area contributed by atoms with Gasteiger partial charge in [-0.3, -0.25) is 4.79 Å². The summed E-state index contributed by atoms with van der Waals surface area (Å²) in [6.45, 7) is 0. The number of benzene rings is 3. The van der Waals surface area contributed by atoms with E-state index in [1.54, 1.807) is 53.5 Å². The van der Waals surface area contributed by atoms with Crippen LogP contribution in [0.3, 0.4) is 0 Å². The van der Waals surface area contributed by atoms with Gasteiger partial charge in [-0.15, -0.1) is 10.2 Å². The Labute approximate surface area is 260 Å². The standard InChI is InChI=1S/C31H23Cl2N7O4/c1-44-28-17-38(30(41)15-24(28)23-14-21(32)9-12-26(23)40-18-29(33)35-37-40)27(13-19-5-3-2-4-6-19)25-16-39(36-34-25)22-10-7-20(8-11-22)31(42)43/h2-12,14-18,27H,13H2,1H3,(H,42,43)/t27-/m0/s1. The second-order valence-corrected chi connectivity index (χ2v) is 10.6. The molecule has 0 radical (unpaired) electrons. The van der Waals surface area contributed by atoms with Crippen LogP contribution in [0.2, 0.25) is 10.2 Å². The molecule has 0 aliphatic carbocycles. The monoisotopic (exact) mass is 627 g/mol. The topological polar surface area (TPSA) is 130 Å². The van der Waals surface area contributed by atoms with E-state index in [-0.39, 0.29) is 16.3 Å². The summed E-state index contributed by atoms with van der Waals surface area (Å²) in [4.78, 5) is 25.2. The lowest BCUT2D eigenvalue weighted by Gasteiger charge is -2.21. The molecule has 13 heteroatoms. The molecule has 44 heavy (non-hydrogen) atoms. The highest BCUT2D eigenvalue weighted by atomic mass is 35.5. The molecule has 0 fully saturated rings. The number of aromatic nitrogens is 7. The van der Waals surface area contributed by atoms with E-state index in [0.29, 0.717) is 45.4 Å². The minimum Gasteiger partial charge on any atom is -0.495 e. The fourth-order valence-corrected chi connectivity index (χ4v) is 5.22. The fourth-order valence-electron chi connectivity index (χ4n) is 4.93. The van der Waals surface area contributed by atoms with Crippen molar-refractivity contribution < 1.29 is 14.6 Å². The van der Waals surface area contributed by atoms with Crippen molar-refractivity contribution in [3.63, 3.8) is 0 Å². The number of hydrogen-bond donors (Lipinski definition) is 1. The van der Waals surface area contributed by atoms with Gasteiger partial charge in [-0.25, -0.2) is 14.2 Å². The molecule has 0 unspecified atom stereocenters. The number of methoxy groups -OCH3 is 1. The molecule has 6 aromatic rings. The van der Waals surface area contributed by atoms with Crippen molar-refractivity contribution in [2.24, 2.45) is 0 Å². The van der Waals surface area contributed by atoms with Crippen LogP contribution in [0.15, 0.2) is 102 Å². The van der Waals surface area contributed by atoms with Crippen molar-refractivity contribution in [3.8, 4) is 28.3 Å². The molecule has 0 saturated carbocycles. The first-order valence-electron chi connectivity index (χ1n) is 13.3. The van der Waals surface area contributed by atoms with Crippen LogP contribution in [0.25, 0.3) is 22.5 Å². The number of carboxylic acid groups (broad SMARTS) is 1. The number of hydrogen-bond acceptors (Lipinski definition) is 7. The van der Waals surface area contributed by atoms with Crippen LogP contribution in [-0.2, 0) is 6.42 Å². The van der Waals surface area contributed by atoms with Gasteiger partial charge < -0.3 is 14.4 Å². The third-order valence-electron chi connectivity index (χ3n) is 7.06. The van der Waals surface area contributed by atoms with Gasteiger partial charge in [0, 0.05) is 22.2 Å². The van der Waals surface area contributed by atoms with E-state index < -0.39 is 12.0 Å². The second kappa shape index (κ2) is 12.2. The number of rotatable bonds is 9. The van der Waals surface area contributed by atoms with Gasteiger partial charge in [0.05, 0.1) is 48.7 Å². The van der Waals surface area contributed by atoms with Crippen molar-refractivity contribution in [1.82, 2.24) is 34.6 Å². The Morgan fingerprint density at radius 2 is 1.64 bits per heavy atom. The molecule has 0 aliphatic heterocycles. The van der Waals surface area contributed by atoms with Crippen LogP contribution in [0.5, 0.6) is 5.75 Å². The first-order valence-corrected chi connectivity index (χ1v) is 14.0. The Morgan fingerprint density at radius 1 is 0.886 bits per heavy atom. The number of carbonyl (C=O) groups is 1. The van der Waals surface area contributed by atoms with E-state index in [2.05, 4.69) is 20.6 Å². The summed E-state index contributed by atoms with van der Waals surface area (Å²) in [5.41, 5.74) is 3.65. The van der Waals surface area contributed by atoms with Crippen molar-refractivity contribution >= 4 is 29.2 Å². The Morgan fingerprint density at radius 3 is 2.32 bits per heavy atom. The normalized spacial score (nSPS) is 11.8. The van der Waals surface area contributed by atoms with E-state index in [9.17, 15) is 14.7 Å². The average Bonchev–Trinajstić information content (AvgIpc) is 3.70. The first-order chi connectivity index (χ1) is 21.3. The maximum absolute atomic E-state index is 13.9. The van der Waals surface area contributed by atoms with Crippen LogP contribution >= 0.6 is 23.2 Å². The molecular formula is C31H23Cl2N7O4. The maximum atomic E-state index is 13.9. The maximum Gasteiger partial charge on any atom is 0.335 e. The van der Waals surface area contributed by atoms with Crippen LogP contribution in [-0.4, -0.2) is 52.7 Å². The Kier molecular flexibility index (Phi) is 7.97. The zero-order valence-electron chi connectivity index (χ0n) is 23.1. The van der Waals surface area contributed by atoms with Gasteiger partial charge in [0.1, 0.15) is 11.4 Å². The molecule has 3 heterocycles. The minimum absolute atomic E-state index is 0.157. The molecule has 0 aliphatic rings. The smallest absolute Gasteiger partial charge is 0.335 e. The lowest BCUT2D eigenvalue weighted by Crippen LogP contribution is -2.27. The summed E-state index contributed by atoms with van der Waals surface area (Å²) in [5.74, 6) is -0.612. The molecule has 3 aromatic heterocycles. The molecule has 0 saturated heterocycles. The van der Waals surface area contributed by atoms with E-state index in [4.69, 9.17) is 27.9 Å². The average molecular weight is 628 g/mol. The van der Waals surface area contributed by atoms with Gasteiger partial charge in [0.2, 0.25) is 0 Å². The molecule has 6 rings (SSSR count). The van der Waals surface area contributed by atoms with Crippen molar-refractivity contribution in [1.29, 1.82) is 0 Å². The molecule has 1 atom stereocenters. The SMILES string of the molecule is COc1cn([C@@H](Cc2ccccc2)c2cn(-c3ccc(C(=O)O)cc3)nn2)c(=O)cc1-c1cc(Cl)ccc1-n1cc(Cl)nn1. The van der Waals surface area contributed by atoms with Crippen LogP contribution in [0.4, 0.5) is 0 Å². The summed E-state index contributed by atoms with van der Waals surface area (Å²) in [6, 6.07) is 22.1. The van der Waals surface area contributed by atoms with Crippen molar-refractivity contribution in [3.05, 3.63) is 135 Å².